The van der Waals surface area contributed by atoms with Gasteiger partial charge in [-0.05, 0) is 31.6 Å². The lowest BCUT2D eigenvalue weighted by Crippen LogP contribution is -2.23. The summed E-state index contributed by atoms with van der Waals surface area (Å²) in [5.41, 5.74) is 0.173. The Labute approximate surface area is 81.7 Å². The van der Waals surface area contributed by atoms with Crippen LogP contribution in [0.3, 0.4) is 0 Å². The molecule has 78 valence electrons. The van der Waals surface area contributed by atoms with Crippen molar-refractivity contribution in [1.29, 1.82) is 0 Å². The molecule has 0 fully saturated rings. The molecule has 0 radical (unpaired) electrons. The van der Waals surface area contributed by atoms with Crippen molar-refractivity contribution in [3.63, 3.8) is 0 Å². The minimum absolute atomic E-state index is 0.0481. The van der Waals surface area contributed by atoms with Gasteiger partial charge in [-0.2, -0.15) is 0 Å². The molecule has 0 rings (SSSR count). The van der Waals surface area contributed by atoms with Crippen molar-refractivity contribution in [3.05, 3.63) is 0 Å². The Kier molecular flexibility index (Phi) is 5.76. The lowest BCUT2D eigenvalue weighted by Gasteiger charge is -2.28. The van der Waals surface area contributed by atoms with Crippen molar-refractivity contribution >= 4 is 5.97 Å². The maximum absolute atomic E-state index is 11.3. The Bertz CT molecular complexity index is 140. The first-order valence-corrected chi connectivity index (χ1v) is 5.29. The van der Waals surface area contributed by atoms with Gasteiger partial charge >= 0.3 is 5.97 Å². The van der Waals surface area contributed by atoms with Crippen molar-refractivity contribution in [3.8, 4) is 0 Å². The van der Waals surface area contributed by atoms with Crippen LogP contribution in [-0.4, -0.2) is 12.6 Å². The number of hydrogen-bond donors (Lipinski definition) is 0. The van der Waals surface area contributed by atoms with Crippen LogP contribution in [0.15, 0.2) is 0 Å². The van der Waals surface area contributed by atoms with Crippen LogP contribution in [0.2, 0.25) is 0 Å². The van der Waals surface area contributed by atoms with E-state index in [4.69, 9.17) is 4.74 Å². The molecule has 2 heteroatoms. The summed E-state index contributed by atoms with van der Waals surface area (Å²) >= 11 is 0. The second kappa shape index (κ2) is 6.01. The lowest BCUT2D eigenvalue weighted by molar-refractivity contribution is -0.146. The van der Waals surface area contributed by atoms with Gasteiger partial charge in [0.05, 0.1) is 13.0 Å². The number of carbonyl (C=O) groups excluding carboxylic acids is 1. The van der Waals surface area contributed by atoms with E-state index >= 15 is 0 Å². The van der Waals surface area contributed by atoms with Gasteiger partial charge in [0.1, 0.15) is 0 Å². The maximum atomic E-state index is 11.3. The minimum Gasteiger partial charge on any atom is -0.466 e. The van der Waals surface area contributed by atoms with Crippen LogP contribution in [0.25, 0.3) is 0 Å². The van der Waals surface area contributed by atoms with E-state index in [2.05, 4.69) is 20.8 Å². The molecule has 0 heterocycles. The van der Waals surface area contributed by atoms with Gasteiger partial charge in [0, 0.05) is 0 Å². The number of ether oxygens (including phenoxy) is 1. The van der Waals surface area contributed by atoms with Gasteiger partial charge in [0.15, 0.2) is 0 Å². The van der Waals surface area contributed by atoms with Crippen molar-refractivity contribution in [2.75, 3.05) is 6.61 Å². The summed E-state index contributed by atoms with van der Waals surface area (Å²) in [6.45, 7) is 8.78. The van der Waals surface area contributed by atoms with Crippen LogP contribution in [0, 0.1) is 5.41 Å². The highest BCUT2D eigenvalue weighted by molar-refractivity contribution is 5.70. The Morgan fingerprint density at radius 2 is 1.54 bits per heavy atom. The zero-order valence-electron chi connectivity index (χ0n) is 9.35. The molecular formula is C11H22O2. The first kappa shape index (κ1) is 12.5. The Balaban J connectivity index is 4.16. The molecule has 13 heavy (non-hydrogen) atoms. The van der Waals surface area contributed by atoms with Crippen molar-refractivity contribution in [1.82, 2.24) is 0 Å². The van der Waals surface area contributed by atoms with Gasteiger partial charge in [0.2, 0.25) is 0 Å². The molecule has 0 unspecified atom stereocenters. The van der Waals surface area contributed by atoms with Crippen molar-refractivity contribution in [2.45, 2.75) is 53.4 Å². The van der Waals surface area contributed by atoms with Crippen LogP contribution in [0.1, 0.15) is 53.4 Å². The van der Waals surface area contributed by atoms with Gasteiger partial charge < -0.3 is 4.74 Å². The SMILES string of the molecule is CCOC(=O)CC(CC)(CC)CC. The van der Waals surface area contributed by atoms with Crippen LogP contribution in [0.5, 0.6) is 0 Å². The molecule has 0 aliphatic carbocycles. The number of esters is 1. The van der Waals surface area contributed by atoms with Gasteiger partial charge in [-0.15, -0.1) is 0 Å². The van der Waals surface area contributed by atoms with E-state index in [1.54, 1.807) is 0 Å². The summed E-state index contributed by atoms with van der Waals surface area (Å²) in [4.78, 5) is 11.3. The van der Waals surface area contributed by atoms with Crippen molar-refractivity contribution < 1.29 is 9.53 Å². The quantitative estimate of drug-likeness (QED) is 0.596. The minimum atomic E-state index is -0.0481. The average molecular weight is 186 g/mol. The highest BCUT2D eigenvalue weighted by atomic mass is 16.5. The van der Waals surface area contributed by atoms with Crippen LogP contribution < -0.4 is 0 Å². The fourth-order valence-corrected chi connectivity index (χ4v) is 1.64. The molecule has 0 aliphatic rings. The summed E-state index contributed by atoms with van der Waals surface area (Å²) < 4.78 is 4.96. The number of hydrogen-bond acceptors (Lipinski definition) is 2. The largest absolute Gasteiger partial charge is 0.466 e. The van der Waals surface area contributed by atoms with Gasteiger partial charge in [-0.25, -0.2) is 0 Å². The van der Waals surface area contributed by atoms with E-state index in [-0.39, 0.29) is 11.4 Å². The second-order valence-electron chi connectivity index (χ2n) is 3.54. The van der Waals surface area contributed by atoms with Gasteiger partial charge in [-0.1, -0.05) is 20.8 Å². The number of rotatable bonds is 6. The molecule has 0 bridgehead atoms. The second-order valence-corrected chi connectivity index (χ2v) is 3.54. The standard InChI is InChI=1S/C11H22O2/c1-5-11(6-2,7-3)9-10(12)13-8-4/h5-9H2,1-4H3. The zero-order chi connectivity index (χ0) is 10.3. The monoisotopic (exact) mass is 186 g/mol. The molecule has 0 aromatic carbocycles. The molecule has 0 aliphatic heterocycles. The first-order chi connectivity index (χ1) is 6.14. The smallest absolute Gasteiger partial charge is 0.306 e. The fourth-order valence-electron chi connectivity index (χ4n) is 1.64. The predicted molar refractivity (Wildman–Crippen MR) is 54.6 cm³/mol. The summed E-state index contributed by atoms with van der Waals surface area (Å²) in [6.07, 6.45) is 3.74. The fraction of sp³-hybridized carbons (Fsp3) is 0.909. The molecule has 0 atom stereocenters. The topological polar surface area (TPSA) is 26.3 Å². The maximum Gasteiger partial charge on any atom is 0.306 e. The molecule has 0 amide bonds. The van der Waals surface area contributed by atoms with E-state index in [9.17, 15) is 4.79 Å². The third-order valence-electron chi connectivity index (χ3n) is 3.07. The summed E-state index contributed by atoms with van der Waals surface area (Å²) in [7, 11) is 0. The highest BCUT2D eigenvalue weighted by Crippen LogP contribution is 2.34. The Hall–Kier alpha value is -0.530. The zero-order valence-corrected chi connectivity index (χ0v) is 9.35. The van der Waals surface area contributed by atoms with Crippen LogP contribution in [0.4, 0.5) is 0 Å². The normalized spacial score (nSPS) is 11.4. The highest BCUT2D eigenvalue weighted by Gasteiger charge is 2.27. The average Bonchev–Trinajstić information content (AvgIpc) is 2.15. The van der Waals surface area contributed by atoms with Gasteiger partial charge in [-0.3, -0.25) is 4.79 Å². The third-order valence-corrected chi connectivity index (χ3v) is 3.07. The molecule has 0 aromatic rings. The molecular weight excluding hydrogens is 164 g/mol. The van der Waals surface area contributed by atoms with E-state index in [0.29, 0.717) is 13.0 Å². The predicted octanol–water partition coefficient (Wildman–Crippen LogP) is 3.16. The Morgan fingerprint density at radius 3 is 1.85 bits per heavy atom. The van der Waals surface area contributed by atoms with E-state index in [1.807, 2.05) is 6.92 Å². The third kappa shape index (κ3) is 3.79. The first-order valence-electron chi connectivity index (χ1n) is 5.29. The molecule has 0 saturated heterocycles. The van der Waals surface area contributed by atoms with E-state index in [1.165, 1.54) is 0 Å². The number of carbonyl (C=O) groups is 1. The molecule has 0 saturated carbocycles. The van der Waals surface area contributed by atoms with Crippen LogP contribution in [-0.2, 0) is 9.53 Å². The molecule has 2 nitrogen and oxygen atoms in total. The summed E-state index contributed by atoms with van der Waals surface area (Å²) in [5.74, 6) is -0.0481. The van der Waals surface area contributed by atoms with E-state index in [0.717, 1.165) is 19.3 Å². The summed E-state index contributed by atoms with van der Waals surface area (Å²) in [5, 5.41) is 0. The van der Waals surface area contributed by atoms with Crippen molar-refractivity contribution in [2.24, 2.45) is 5.41 Å². The lowest BCUT2D eigenvalue weighted by atomic mass is 9.77. The van der Waals surface area contributed by atoms with E-state index < -0.39 is 0 Å². The van der Waals surface area contributed by atoms with Gasteiger partial charge in [0.25, 0.3) is 0 Å². The molecule has 0 spiro atoms. The van der Waals surface area contributed by atoms with Crippen LogP contribution >= 0.6 is 0 Å². The molecule has 0 N–H and O–H groups in total. The molecule has 0 aromatic heterocycles. The Morgan fingerprint density at radius 1 is 1.08 bits per heavy atom. The summed E-state index contributed by atoms with van der Waals surface area (Å²) in [6, 6.07) is 0.